The molecule has 0 saturated heterocycles. The third kappa shape index (κ3) is 3.96. The van der Waals surface area contributed by atoms with E-state index >= 15 is 0 Å². The van der Waals surface area contributed by atoms with E-state index < -0.39 is 5.97 Å². The van der Waals surface area contributed by atoms with E-state index in [-0.39, 0.29) is 0 Å². The second-order valence-corrected chi connectivity index (χ2v) is 3.94. The van der Waals surface area contributed by atoms with E-state index in [4.69, 9.17) is 4.74 Å². The Morgan fingerprint density at radius 1 is 0.895 bits per heavy atom. The van der Waals surface area contributed by atoms with Crippen molar-refractivity contribution in [2.24, 2.45) is 0 Å². The fourth-order valence-corrected chi connectivity index (χ4v) is 1.56. The first-order valence-corrected chi connectivity index (χ1v) is 5.95. The molecule has 2 aromatic carbocycles. The van der Waals surface area contributed by atoms with Gasteiger partial charge >= 0.3 is 5.97 Å². The topological polar surface area (TPSA) is 26.3 Å². The van der Waals surface area contributed by atoms with Crippen LogP contribution < -0.4 is 4.74 Å². The SMILES string of the molecule is C=CC(=O)Oc1ccc(C=Cc2ccccc2)cc1. The van der Waals surface area contributed by atoms with Crippen LogP contribution in [-0.4, -0.2) is 5.97 Å². The van der Waals surface area contributed by atoms with Crippen molar-refractivity contribution in [2.45, 2.75) is 0 Å². The van der Waals surface area contributed by atoms with Crippen molar-refractivity contribution in [3.63, 3.8) is 0 Å². The summed E-state index contributed by atoms with van der Waals surface area (Å²) in [6.45, 7) is 3.35. The van der Waals surface area contributed by atoms with Crippen LogP contribution in [0.5, 0.6) is 5.75 Å². The van der Waals surface area contributed by atoms with E-state index in [2.05, 4.69) is 6.58 Å². The number of hydrogen-bond donors (Lipinski definition) is 0. The first-order valence-electron chi connectivity index (χ1n) is 5.95. The zero-order valence-electron chi connectivity index (χ0n) is 10.5. The number of esters is 1. The zero-order chi connectivity index (χ0) is 13.5. The maximum Gasteiger partial charge on any atom is 0.335 e. The summed E-state index contributed by atoms with van der Waals surface area (Å²) in [4.78, 5) is 11.0. The van der Waals surface area contributed by atoms with Crippen LogP contribution in [0.1, 0.15) is 11.1 Å². The number of carbonyl (C=O) groups excluding carboxylic acids is 1. The van der Waals surface area contributed by atoms with Gasteiger partial charge in [0.2, 0.25) is 0 Å². The molecule has 0 unspecified atom stereocenters. The Bertz CT molecular complexity index is 580. The Labute approximate surface area is 112 Å². The molecule has 0 amide bonds. The van der Waals surface area contributed by atoms with Gasteiger partial charge in [-0.15, -0.1) is 0 Å². The first-order chi connectivity index (χ1) is 9.28. The van der Waals surface area contributed by atoms with Crippen LogP contribution in [0.3, 0.4) is 0 Å². The summed E-state index contributed by atoms with van der Waals surface area (Å²) in [7, 11) is 0. The summed E-state index contributed by atoms with van der Waals surface area (Å²) in [5, 5.41) is 0. The van der Waals surface area contributed by atoms with Crippen LogP contribution in [0.25, 0.3) is 12.2 Å². The molecule has 0 aromatic heterocycles. The predicted molar refractivity (Wildman–Crippen MR) is 77.6 cm³/mol. The van der Waals surface area contributed by atoms with Crippen LogP contribution in [0.4, 0.5) is 0 Å². The predicted octanol–water partition coefficient (Wildman–Crippen LogP) is 3.95. The number of ether oxygens (including phenoxy) is 1. The van der Waals surface area contributed by atoms with Crippen LogP contribution in [0.15, 0.2) is 67.3 Å². The molecule has 0 saturated carbocycles. The monoisotopic (exact) mass is 250 g/mol. The average molecular weight is 250 g/mol. The molecule has 0 atom stereocenters. The summed E-state index contributed by atoms with van der Waals surface area (Å²) in [5.74, 6) is 0.0642. The largest absolute Gasteiger partial charge is 0.423 e. The molecule has 0 spiro atoms. The van der Waals surface area contributed by atoms with Gasteiger partial charge in [-0.05, 0) is 23.3 Å². The van der Waals surface area contributed by atoms with Crippen molar-refractivity contribution < 1.29 is 9.53 Å². The molecular weight excluding hydrogens is 236 g/mol. The number of benzene rings is 2. The van der Waals surface area contributed by atoms with E-state index in [1.54, 1.807) is 12.1 Å². The molecule has 0 radical (unpaired) electrons. The van der Waals surface area contributed by atoms with E-state index in [0.29, 0.717) is 5.75 Å². The molecule has 0 aliphatic heterocycles. The second-order valence-electron chi connectivity index (χ2n) is 3.94. The summed E-state index contributed by atoms with van der Waals surface area (Å²) in [6, 6.07) is 17.4. The molecule has 2 nitrogen and oxygen atoms in total. The molecule has 94 valence electrons. The number of hydrogen-bond acceptors (Lipinski definition) is 2. The van der Waals surface area contributed by atoms with Crippen LogP contribution in [0, 0.1) is 0 Å². The molecule has 2 rings (SSSR count). The minimum Gasteiger partial charge on any atom is -0.423 e. The molecule has 19 heavy (non-hydrogen) atoms. The highest BCUT2D eigenvalue weighted by atomic mass is 16.5. The number of rotatable bonds is 4. The van der Waals surface area contributed by atoms with E-state index in [9.17, 15) is 4.79 Å². The van der Waals surface area contributed by atoms with Crippen molar-refractivity contribution in [3.05, 3.63) is 78.4 Å². The van der Waals surface area contributed by atoms with E-state index in [0.717, 1.165) is 17.2 Å². The van der Waals surface area contributed by atoms with Crippen LogP contribution in [0.2, 0.25) is 0 Å². The second kappa shape index (κ2) is 6.36. The van der Waals surface area contributed by atoms with Gasteiger partial charge in [0.15, 0.2) is 0 Å². The fourth-order valence-electron chi connectivity index (χ4n) is 1.56. The highest BCUT2D eigenvalue weighted by molar-refractivity contribution is 5.83. The molecule has 0 N–H and O–H groups in total. The Hall–Kier alpha value is -2.61. The van der Waals surface area contributed by atoms with Gasteiger partial charge in [0.1, 0.15) is 5.75 Å². The standard InChI is InChI=1S/C17H14O2/c1-2-17(18)19-16-12-10-15(11-13-16)9-8-14-6-4-3-5-7-14/h2-13H,1H2. The molecule has 2 heteroatoms. The zero-order valence-corrected chi connectivity index (χ0v) is 10.5. The Balaban J connectivity index is 2.05. The summed E-state index contributed by atoms with van der Waals surface area (Å²) >= 11 is 0. The molecule has 0 aliphatic rings. The minimum atomic E-state index is -0.451. The lowest BCUT2D eigenvalue weighted by molar-refractivity contribution is -0.128. The number of carbonyl (C=O) groups is 1. The molecule has 0 aliphatic carbocycles. The quantitative estimate of drug-likeness (QED) is 0.355. The van der Waals surface area contributed by atoms with Gasteiger partial charge in [0.05, 0.1) is 0 Å². The third-order valence-corrected chi connectivity index (χ3v) is 2.53. The van der Waals surface area contributed by atoms with Crippen molar-refractivity contribution in [3.8, 4) is 5.75 Å². The Morgan fingerprint density at radius 2 is 1.47 bits per heavy atom. The van der Waals surface area contributed by atoms with Gasteiger partial charge in [-0.2, -0.15) is 0 Å². The summed E-state index contributed by atoms with van der Waals surface area (Å²) in [5.41, 5.74) is 2.19. The van der Waals surface area contributed by atoms with E-state index in [1.807, 2.05) is 54.6 Å². The highest BCUT2D eigenvalue weighted by Crippen LogP contribution is 2.14. The van der Waals surface area contributed by atoms with Crippen molar-refractivity contribution in [1.29, 1.82) is 0 Å². The lowest BCUT2D eigenvalue weighted by Crippen LogP contribution is -2.02. The third-order valence-electron chi connectivity index (χ3n) is 2.53. The summed E-state index contributed by atoms with van der Waals surface area (Å²) in [6.07, 6.45) is 5.18. The Kier molecular flexibility index (Phi) is 4.29. The van der Waals surface area contributed by atoms with Gasteiger partial charge in [-0.25, -0.2) is 4.79 Å². The first kappa shape index (κ1) is 12.8. The van der Waals surface area contributed by atoms with Crippen LogP contribution >= 0.6 is 0 Å². The van der Waals surface area contributed by atoms with Gasteiger partial charge in [0.25, 0.3) is 0 Å². The normalized spacial score (nSPS) is 10.3. The highest BCUT2D eigenvalue weighted by Gasteiger charge is 1.98. The van der Waals surface area contributed by atoms with Crippen molar-refractivity contribution in [2.75, 3.05) is 0 Å². The molecule has 0 bridgehead atoms. The lowest BCUT2D eigenvalue weighted by Gasteiger charge is -2.01. The molecule has 0 fully saturated rings. The van der Waals surface area contributed by atoms with Crippen molar-refractivity contribution in [1.82, 2.24) is 0 Å². The van der Waals surface area contributed by atoms with Gasteiger partial charge in [0, 0.05) is 6.08 Å². The molecular formula is C17H14O2. The summed E-state index contributed by atoms with van der Waals surface area (Å²) < 4.78 is 5.00. The lowest BCUT2D eigenvalue weighted by atomic mass is 10.1. The maximum atomic E-state index is 11.0. The molecule has 0 heterocycles. The van der Waals surface area contributed by atoms with Crippen molar-refractivity contribution >= 4 is 18.1 Å². The van der Waals surface area contributed by atoms with Crippen LogP contribution in [-0.2, 0) is 4.79 Å². The fraction of sp³-hybridized carbons (Fsp3) is 0. The maximum absolute atomic E-state index is 11.0. The van der Waals surface area contributed by atoms with E-state index in [1.165, 1.54) is 0 Å². The van der Waals surface area contributed by atoms with Gasteiger partial charge in [-0.1, -0.05) is 61.2 Å². The minimum absolute atomic E-state index is 0.451. The smallest absolute Gasteiger partial charge is 0.335 e. The molecule has 2 aromatic rings. The average Bonchev–Trinajstić information content (AvgIpc) is 2.47. The van der Waals surface area contributed by atoms with Gasteiger partial charge < -0.3 is 4.74 Å². The Morgan fingerprint density at radius 3 is 2.05 bits per heavy atom. The van der Waals surface area contributed by atoms with Gasteiger partial charge in [-0.3, -0.25) is 0 Å².